The van der Waals surface area contributed by atoms with Gasteiger partial charge in [0.25, 0.3) is 0 Å². The van der Waals surface area contributed by atoms with E-state index in [1.165, 1.54) is 10.8 Å². The first-order valence-electron chi connectivity index (χ1n) is 8.44. The van der Waals surface area contributed by atoms with Gasteiger partial charge in [-0.1, -0.05) is 19.3 Å². The highest BCUT2D eigenvalue weighted by molar-refractivity contribution is 6.37. The third kappa shape index (κ3) is 2.91. The summed E-state index contributed by atoms with van der Waals surface area (Å²) >= 11 is 0. The molecule has 0 unspecified atom stereocenters. The molecule has 4 N–H and O–H groups in total. The summed E-state index contributed by atoms with van der Waals surface area (Å²) in [6.07, 6.45) is -2.88. The summed E-state index contributed by atoms with van der Waals surface area (Å²) in [5.74, 6) is -0.623. The number of aliphatic hydroxyl groups is 2. The lowest BCUT2D eigenvalue weighted by Gasteiger charge is -2.24. The number of nitriles is 1. The molecule has 0 bridgehead atoms. The quantitative estimate of drug-likeness (QED) is 0.393. The number of aromatic nitrogens is 3. The smallest absolute Gasteiger partial charge is 0.308 e. The van der Waals surface area contributed by atoms with Crippen molar-refractivity contribution in [3.63, 3.8) is 0 Å². The first-order chi connectivity index (χ1) is 12.7. The van der Waals surface area contributed by atoms with Gasteiger partial charge in [0, 0.05) is 0 Å². The zero-order valence-electron chi connectivity index (χ0n) is 15.2. The number of nitrogens with zero attached hydrogens (tertiary/aromatic N) is 4. The van der Waals surface area contributed by atoms with Crippen LogP contribution in [-0.2, 0) is 19.9 Å². The zero-order chi connectivity index (χ0) is 19.9. The van der Waals surface area contributed by atoms with E-state index in [1.54, 1.807) is 27.8 Å². The minimum atomic E-state index is -1.91. The summed E-state index contributed by atoms with van der Waals surface area (Å²) < 4.78 is 12.2. The van der Waals surface area contributed by atoms with E-state index in [-0.39, 0.29) is 24.0 Å². The number of fused-ring (bicyclic) bond motifs is 1. The van der Waals surface area contributed by atoms with Crippen LogP contribution in [0, 0.1) is 17.2 Å². The second-order valence-electron chi connectivity index (χ2n) is 6.84. The largest absolute Gasteiger partial charge is 0.463 e. The molecule has 0 saturated carbocycles. The number of aliphatic hydroxyl groups excluding tert-OH is 2. The van der Waals surface area contributed by atoms with Crippen molar-refractivity contribution < 1.29 is 24.5 Å². The minimum absolute atomic E-state index is 0.204. The lowest BCUT2D eigenvalue weighted by molar-refractivity contribution is -0.154. The average molecular weight is 373 g/mol. The molecule has 10 nitrogen and oxygen atoms in total. The molecule has 2 aromatic heterocycles. The standard InChI is InChI=1S/C16H20BN5O5/c1-7(2)15(25)26-4-9-12(23)13(24)16(5-18,27-9)10-3-8(17)11-14(19)20-6-21-22(10)11/h3,6-7,9,12-13,23-24H,4,17H2,1-2H3,(H2,19,20,21)/t9-,12-,13-,16+/m1/s1. The maximum absolute atomic E-state index is 11.7. The van der Waals surface area contributed by atoms with E-state index in [2.05, 4.69) is 10.1 Å². The van der Waals surface area contributed by atoms with Crippen molar-refractivity contribution in [3.8, 4) is 6.07 Å². The molecular weight excluding hydrogens is 353 g/mol. The zero-order valence-corrected chi connectivity index (χ0v) is 15.2. The van der Waals surface area contributed by atoms with Crippen LogP contribution in [0.15, 0.2) is 12.4 Å². The predicted octanol–water partition coefficient (Wildman–Crippen LogP) is -2.39. The number of nitrogens with two attached hydrogens (primary N) is 1. The molecule has 1 aliphatic heterocycles. The molecule has 2 aromatic rings. The molecule has 3 heterocycles. The van der Waals surface area contributed by atoms with Crippen LogP contribution in [0.2, 0.25) is 0 Å². The third-order valence-electron chi connectivity index (χ3n) is 4.64. The van der Waals surface area contributed by atoms with Gasteiger partial charge in [0.2, 0.25) is 5.60 Å². The van der Waals surface area contributed by atoms with Crippen molar-refractivity contribution in [2.75, 3.05) is 12.3 Å². The van der Waals surface area contributed by atoms with E-state index >= 15 is 0 Å². The van der Waals surface area contributed by atoms with Gasteiger partial charge >= 0.3 is 5.97 Å². The average Bonchev–Trinajstić information content (AvgIpc) is 3.10. The number of carbonyl (C=O) groups excluding carboxylic acids is 1. The molecule has 0 spiro atoms. The highest BCUT2D eigenvalue weighted by Gasteiger charge is 2.58. The number of hydrogen-bond acceptors (Lipinski definition) is 9. The van der Waals surface area contributed by atoms with Crippen LogP contribution in [0.1, 0.15) is 19.5 Å². The fourth-order valence-electron chi connectivity index (χ4n) is 3.17. The Hall–Kier alpha value is -2.68. The maximum atomic E-state index is 11.7. The summed E-state index contributed by atoms with van der Waals surface area (Å²) in [6, 6.07) is 3.54. The summed E-state index contributed by atoms with van der Waals surface area (Å²) in [7, 11) is 1.75. The number of esters is 1. The van der Waals surface area contributed by atoms with Crippen LogP contribution in [0.5, 0.6) is 0 Å². The first kappa shape index (κ1) is 19.1. The Kier molecular flexibility index (Phi) is 4.81. The van der Waals surface area contributed by atoms with Gasteiger partial charge in [0.1, 0.15) is 50.7 Å². The number of anilines is 1. The molecule has 1 saturated heterocycles. The van der Waals surface area contributed by atoms with Crippen molar-refractivity contribution in [3.05, 3.63) is 18.1 Å². The van der Waals surface area contributed by atoms with E-state index in [4.69, 9.17) is 15.2 Å². The highest BCUT2D eigenvalue weighted by Crippen LogP contribution is 2.40. The van der Waals surface area contributed by atoms with E-state index in [1.807, 2.05) is 6.07 Å². The molecule has 3 rings (SSSR count). The van der Waals surface area contributed by atoms with Gasteiger partial charge in [0.15, 0.2) is 5.82 Å². The van der Waals surface area contributed by atoms with Crippen LogP contribution in [0.25, 0.3) is 5.52 Å². The van der Waals surface area contributed by atoms with Crippen LogP contribution in [0.4, 0.5) is 5.82 Å². The second-order valence-corrected chi connectivity index (χ2v) is 6.84. The molecule has 0 aliphatic carbocycles. The number of nitrogen functional groups attached to an aromatic ring is 1. The van der Waals surface area contributed by atoms with E-state index in [0.717, 1.165) is 0 Å². The Balaban J connectivity index is 2.00. The SMILES string of the molecule is Bc1cc([C@]2(C#N)O[C@H](COC(=O)C(C)C)[C@@H](O)[C@H]2O)n2ncnc(N)c12. The summed E-state index contributed by atoms with van der Waals surface area (Å²) in [6.45, 7) is 3.04. The molecule has 0 aromatic carbocycles. The highest BCUT2D eigenvalue weighted by atomic mass is 16.6. The molecule has 1 fully saturated rings. The summed E-state index contributed by atoms with van der Waals surface area (Å²) in [5, 5.41) is 34.9. The summed E-state index contributed by atoms with van der Waals surface area (Å²) in [5.41, 5.74) is 5.33. The topological polar surface area (TPSA) is 156 Å². The summed E-state index contributed by atoms with van der Waals surface area (Å²) in [4.78, 5) is 15.6. The fourth-order valence-corrected chi connectivity index (χ4v) is 3.17. The van der Waals surface area contributed by atoms with Gasteiger partial charge in [-0.3, -0.25) is 4.79 Å². The van der Waals surface area contributed by atoms with E-state index in [0.29, 0.717) is 11.0 Å². The Bertz CT molecular complexity index is 926. The molecule has 11 heteroatoms. The lowest BCUT2D eigenvalue weighted by atomic mass is 9.90. The van der Waals surface area contributed by atoms with Crippen molar-refractivity contribution in [1.82, 2.24) is 14.6 Å². The van der Waals surface area contributed by atoms with Gasteiger partial charge < -0.3 is 25.4 Å². The second kappa shape index (κ2) is 6.81. The third-order valence-corrected chi connectivity index (χ3v) is 4.64. The molecule has 1 aliphatic rings. The number of carbonyl (C=O) groups is 1. The minimum Gasteiger partial charge on any atom is -0.463 e. The van der Waals surface area contributed by atoms with Crippen LogP contribution in [-0.4, -0.2) is 63.5 Å². The molecule has 0 amide bonds. The molecule has 27 heavy (non-hydrogen) atoms. The molecule has 142 valence electrons. The number of rotatable bonds is 4. The lowest BCUT2D eigenvalue weighted by Crippen LogP contribution is -2.41. The van der Waals surface area contributed by atoms with Crippen LogP contribution >= 0.6 is 0 Å². The molecule has 0 radical (unpaired) electrons. The fraction of sp³-hybridized carbons (Fsp3) is 0.500. The predicted molar refractivity (Wildman–Crippen MR) is 95.6 cm³/mol. The Morgan fingerprint density at radius 3 is 2.93 bits per heavy atom. The van der Waals surface area contributed by atoms with Crippen molar-refractivity contribution in [2.24, 2.45) is 5.92 Å². The van der Waals surface area contributed by atoms with Gasteiger partial charge in [-0.05, 0) is 6.07 Å². The van der Waals surface area contributed by atoms with Gasteiger partial charge in [0.05, 0.1) is 11.6 Å². The van der Waals surface area contributed by atoms with Gasteiger partial charge in [-0.25, -0.2) is 9.50 Å². The number of ether oxygens (including phenoxy) is 2. The van der Waals surface area contributed by atoms with E-state index < -0.39 is 29.9 Å². The maximum Gasteiger partial charge on any atom is 0.308 e. The first-order valence-corrected chi connectivity index (χ1v) is 8.44. The molecular formula is C16H20BN5O5. The van der Waals surface area contributed by atoms with Gasteiger partial charge in [-0.2, -0.15) is 10.4 Å². The monoisotopic (exact) mass is 373 g/mol. The van der Waals surface area contributed by atoms with Crippen molar-refractivity contribution in [1.29, 1.82) is 5.26 Å². The van der Waals surface area contributed by atoms with Gasteiger partial charge in [-0.15, -0.1) is 0 Å². The van der Waals surface area contributed by atoms with Crippen molar-refractivity contribution in [2.45, 2.75) is 37.8 Å². The Labute approximate surface area is 155 Å². The van der Waals surface area contributed by atoms with Crippen LogP contribution < -0.4 is 11.2 Å². The van der Waals surface area contributed by atoms with Crippen LogP contribution in [0.3, 0.4) is 0 Å². The Morgan fingerprint density at radius 1 is 1.59 bits per heavy atom. The van der Waals surface area contributed by atoms with E-state index in [9.17, 15) is 20.3 Å². The number of hydrogen-bond donors (Lipinski definition) is 3. The molecule has 4 atom stereocenters. The normalized spacial score (nSPS) is 27.8. The Morgan fingerprint density at radius 2 is 2.30 bits per heavy atom. The van der Waals surface area contributed by atoms with Crippen molar-refractivity contribution >= 4 is 30.6 Å².